The molecule has 3 N–H and O–H groups in total. The van der Waals surface area contributed by atoms with Gasteiger partial charge in [-0.25, -0.2) is 18.8 Å². The zero-order valence-electron chi connectivity index (χ0n) is 24.8. The van der Waals surface area contributed by atoms with Crippen LogP contribution in [0.1, 0.15) is 83.5 Å². The Kier molecular flexibility index (Phi) is 7.69. The summed E-state index contributed by atoms with van der Waals surface area (Å²) in [6, 6.07) is -3.11. The average molecular weight is 639 g/mol. The van der Waals surface area contributed by atoms with Gasteiger partial charge in [0.1, 0.15) is 12.1 Å². The van der Waals surface area contributed by atoms with Crippen LogP contribution in [-0.4, -0.2) is 113 Å². The lowest BCUT2D eigenvalue weighted by Gasteiger charge is -2.54. The second-order valence-electron chi connectivity index (χ2n) is 14.0. The number of hydrogen-bond acceptors (Lipinski definition) is 9. The Morgan fingerprint density at radius 1 is 0.818 bits per heavy atom. The molecule has 0 aromatic rings. The molecule has 0 aromatic heterocycles. The second-order valence-corrected chi connectivity index (χ2v) is 15.2. The minimum Gasteiger partial charge on any atom is -0.352 e. The smallest absolute Gasteiger partial charge is 0.352 e. The number of carbonyl (C=O) groups is 4. The van der Waals surface area contributed by atoms with E-state index in [4.69, 9.17) is 8.47 Å². The van der Waals surface area contributed by atoms with Gasteiger partial charge in [0.15, 0.2) is 0 Å². The van der Waals surface area contributed by atoms with Gasteiger partial charge in [0, 0.05) is 25.2 Å². The fourth-order valence-corrected chi connectivity index (χ4v) is 9.25. The van der Waals surface area contributed by atoms with E-state index in [1.54, 1.807) is 0 Å². The van der Waals surface area contributed by atoms with Crippen molar-refractivity contribution >= 4 is 34.3 Å². The minimum absolute atomic E-state index is 0.0732. The van der Waals surface area contributed by atoms with Crippen LogP contribution < -0.4 is 10.6 Å². The molecule has 3 saturated carbocycles. The fourth-order valence-electron chi connectivity index (χ4n) is 8.47. The molecule has 4 bridgehead atoms. The Morgan fingerprint density at radius 3 is 2.05 bits per heavy atom. The summed E-state index contributed by atoms with van der Waals surface area (Å²) >= 11 is 0. The van der Waals surface area contributed by atoms with E-state index in [0.29, 0.717) is 63.3 Å². The minimum atomic E-state index is -4.51. The van der Waals surface area contributed by atoms with Gasteiger partial charge in [0.2, 0.25) is 11.8 Å². The Labute approximate surface area is 256 Å². The first kappa shape index (κ1) is 30.0. The van der Waals surface area contributed by atoms with E-state index in [1.165, 1.54) is 29.1 Å². The molecule has 7 rings (SSSR count). The van der Waals surface area contributed by atoms with Crippen molar-refractivity contribution in [1.82, 2.24) is 30.6 Å². The Balaban J connectivity index is 0.839. The predicted molar refractivity (Wildman–Crippen MR) is 151 cm³/mol. The standard InChI is InChI=1S/C28H42N6O9S/c35-24(22-8-6-20-14-31(22)26(37)33(20)39)29-18-4-2-17(3-5-18)16-42-44(40,41)43-34-21-7-9-23(32(15-21)27(34)38)25(36)30-19-12-28(13-19)10-1-11-28/h17-23,39H,1-16H2,(H,29,35)(H,30,36)/t17?,18?,20-,21-,22+,23+/m1/s1. The fraction of sp³-hybridized carbons (Fsp3) is 0.857. The molecule has 1 spiro atoms. The predicted octanol–water partition coefficient (Wildman–Crippen LogP) is 1.23. The molecule has 15 nitrogen and oxygen atoms in total. The molecular formula is C28H42N6O9S. The first-order chi connectivity index (χ1) is 21.0. The van der Waals surface area contributed by atoms with E-state index in [1.807, 2.05) is 0 Å². The summed E-state index contributed by atoms with van der Waals surface area (Å²) in [5.41, 5.74) is 0.424. The van der Waals surface area contributed by atoms with Gasteiger partial charge >= 0.3 is 22.5 Å². The largest absolute Gasteiger partial charge is 0.421 e. The highest BCUT2D eigenvalue weighted by atomic mass is 32.3. The van der Waals surface area contributed by atoms with E-state index in [2.05, 4.69) is 10.6 Å². The SMILES string of the molecule is O=C(NC1CCC(COS(=O)(=O)ON2C(=O)N3C[C@H]2CC[C@H]3C(=O)NC2CC3(CCC3)C2)CC1)[C@@H]1CC[C@@H]2CN1C(=O)N2O. The summed E-state index contributed by atoms with van der Waals surface area (Å²) in [4.78, 5) is 54.0. The average Bonchev–Trinajstić information content (AvgIpc) is 3.32. The molecule has 4 heterocycles. The number of rotatable bonds is 9. The van der Waals surface area contributed by atoms with Crippen molar-refractivity contribution < 1.29 is 41.3 Å². The summed E-state index contributed by atoms with van der Waals surface area (Å²) < 4.78 is 35.7. The van der Waals surface area contributed by atoms with Crippen LogP contribution in [-0.2, 0) is 28.5 Å². The molecular weight excluding hydrogens is 596 g/mol. The van der Waals surface area contributed by atoms with Gasteiger partial charge in [0.05, 0.1) is 18.7 Å². The van der Waals surface area contributed by atoms with Crippen LogP contribution in [0.15, 0.2) is 0 Å². The lowest BCUT2D eigenvalue weighted by atomic mass is 9.54. The number of nitrogens with zero attached hydrogens (tertiary/aromatic N) is 4. The van der Waals surface area contributed by atoms with Crippen LogP contribution >= 0.6 is 0 Å². The van der Waals surface area contributed by atoms with Crippen LogP contribution in [0.5, 0.6) is 0 Å². The van der Waals surface area contributed by atoms with Crippen molar-refractivity contribution in [2.75, 3.05) is 19.7 Å². The Morgan fingerprint density at radius 2 is 1.41 bits per heavy atom. The van der Waals surface area contributed by atoms with Gasteiger partial charge < -0.3 is 20.4 Å². The van der Waals surface area contributed by atoms with Gasteiger partial charge in [-0.1, -0.05) is 6.42 Å². The van der Waals surface area contributed by atoms with Crippen LogP contribution in [0.25, 0.3) is 0 Å². The Bertz CT molecular complexity index is 1290. The molecule has 0 aromatic carbocycles. The zero-order valence-corrected chi connectivity index (χ0v) is 25.6. The highest BCUT2D eigenvalue weighted by Gasteiger charge is 2.52. The monoisotopic (exact) mass is 638 g/mol. The molecule has 7 aliphatic rings. The highest BCUT2D eigenvalue weighted by Crippen LogP contribution is 2.55. The molecule has 0 unspecified atom stereocenters. The van der Waals surface area contributed by atoms with Crippen molar-refractivity contribution in [1.29, 1.82) is 0 Å². The normalized spacial score (nSPS) is 34.7. The number of piperidine rings is 2. The molecule has 0 radical (unpaired) electrons. The van der Waals surface area contributed by atoms with Crippen LogP contribution in [0.3, 0.4) is 0 Å². The van der Waals surface area contributed by atoms with Crippen LogP contribution in [0.4, 0.5) is 9.59 Å². The molecule has 6 amide bonds. The Hall–Kier alpha value is -2.69. The summed E-state index contributed by atoms with van der Waals surface area (Å²) in [6.07, 6.45) is 10.2. The van der Waals surface area contributed by atoms with E-state index in [-0.39, 0.29) is 49.0 Å². The van der Waals surface area contributed by atoms with Gasteiger partial charge in [-0.15, -0.1) is 4.28 Å². The highest BCUT2D eigenvalue weighted by molar-refractivity contribution is 7.81. The molecule has 16 heteroatoms. The van der Waals surface area contributed by atoms with E-state index >= 15 is 0 Å². The second kappa shape index (κ2) is 11.3. The van der Waals surface area contributed by atoms with Gasteiger partial charge in [-0.2, -0.15) is 13.5 Å². The maximum atomic E-state index is 13.1. The van der Waals surface area contributed by atoms with Crippen LogP contribution in [0.2, 0.25) is 0 Å². The number of carbonyl (C=O) groups excluding carboxylic acids is 4. The number of urea groups is 2. The van der Waals surface area contributed by atoms with Gasteiger partial charge in [-0.3, -0.25) is 14.8 Å². The molecule has 4 saturated heterocycles. The third-order valence-electron chi connectivity index (χ3n) is 11.2. The summed E-state index contributed by atoms with van der Waals surface area (Å²) in [5, 5.41) is 17.5. The maximum absolute atomic E-state index is 13.1. The summed E-state index contributed by atoms with van der Waals surface area (Å²) in [7, 11) is -4.51. The van der Waals surface area contributed by atoms with Crippen LogP contribution in [0, 0.1) is 11.3 Å². The molecule has 4 aliphatic heterocycles. The topological polar surface area (TPSA) is 178 Å². The first-order valence-electron chi connectivity index (χ1n) is 16.1. The van der Waals surface area contributed by atoms with Crippen molar-refractivity contribution in [2.45, 2.75) is 120 Å². The molecule has 4 atom stereocenters. The maximum Gasteiger partial charge on any atom is 0.421 e. The third kappa shape index (κ3) is 5.51. The van der Waals surface area contributed by atoms with Crippen molar-refractivity contribution in [3.8, 4) is 0 Å². The molecule has 44 heavy (non-hydrogen) atoms. The van der Waals surface area contributed by atoms with E-state index < -0.39 is 40.6 Å². The third-order valence-corrected chi connectivity index (χ3v) is 12.0. The number of hydroxylamine groups is 4. The van der Waals surface area contributed by atoms with E-state index in [9.17, 15) is 32.8 Å². The van der Waals surface area contributed by atoms with E-state index in [0.717, 1.165) is 23.0 Å². The van der Waals surface area contributed by atoms with Crippen molar-refractivity contribution in [3.63, 3.8) is 0 Å². The first-order valence-corrected chi connectivity index (χ1v) is 17.4. The van der Waals surface area contributed by atoms with Crippen molar-refractivity contribution in [3.05, 3.63) is 0 Å². The lowest BCUT2D eigenvalue weighted by Crippen LogP contribution is -2.58. The zero-order chi connectivity index (χ0) is 30.8. The molecule has 244 valence electrons. The summed E-state index contributed by atoms with van der Waals surface area (Å²) in [6.45, 7) is 0.459. The summed E-state index contributed by atoms with van der Waals surface area (Å²) in [5.74, 6) is -0.489. The number of nitrogens with one attached hydrogen (secondary N) is 2. The van der Waals surface area contributed by atoms with Gasteiger partial charge in [0.25, 0.3) is 0 Å². The molecule has 3 aliphatic carbocycles. The lowest BCUT2D eigenvalue weighted by molar-refractivity contribution is -0.129. The number of amides is 6. The van der Waals surface area contributed by atoms with Crippen molar-refractivity contribution in [2.24, 2.45) is 11.3 Å². The molecule has 7 fully saturated rings. The number of hydrogen-bond donors (Lipinski definition) is 3. The van der Waals surface area contributed by atoms with Gasteiger partial charge in [-0.05, 0) is 88.4 Å². The number of fused-ring (bicyclic) bond motifs is 4. The quantitative estimate of drug-likeness (QED) is 0.313.